The lowest BCUT2D eigenvalue weighted by Crippen LogP contribution is -2.23. The second-order valence-corrected chi connectivity index (χ2v) is 5.82. The van der Waals surface area contributed by atoms with E-state index in [9.17, 15) is 0 Å². The third kappa shape index (κ3) is 1.75. The van der Waals surface area contributed by atoms with Crippen molar-refractivity contribution in [3.63, 3.8) is 0 Å². The molecule has 1 aromatic carbocycles. The van der Waals surface area contributed by atoms with Gasteiger partial charge in [0.05, 0.1) is 11.0 Å². The molecule has 3 rings (SSSR count). The van der Waals surface area contributed by atoms with E-state index >= 15 is 0 Å². The molecule has 1 unspecified atom stereocenters. The van der Waals surface area contributed by atoms with Crippen LogP contribution in [0.25, 0.3) is 11.0 Å². The molecule has 1 heterocycles. The van der Waals surface area contributed by atoms with E-state index < -0.39 is 0 Å². The van der Waals surface area contributed by atoms with Crippen LogP contribution in [0.5, 0.6) is 0 Å². The van der Waals surface area contributed by atoms with Crippen molar-refractivity contribution in [1.82, 2.24) is 9.55 Å². The van der Waals surface area contributed by atoms with E-state index in [4.69, 9.17) is 5.73 Å². The summed E-state index contributed by atoms with van der Waals surface area (Å²) in [6.45, 7) is 2.25. The molecule has 3 nitrogen and oxygen atoms in total. The average Bonchev–Trinajstić information content (AvgIpc) is 2.50. The molecule has 0 spiro atoms. The molecular formula is C13H16BrN3. The number of nitrogens with two attached hydrogens (primary N) is 1. The number of anilines is 1. The third-order valence-corrected chi connectivity index (χ3v) is 4.41. The predicted molar refractivity (Wildman–Crippen MR) is 73.9 cm³/mol. The first kappa shape index (κ1) is 11.1. The van der Waals surface area contributed by atoms with Crippen molar-refractivity contribution in [3.8, 4) is 0 Å². The van der Waals surface area contributed by atoms with Crippen LogP contribution in [0.1, 0.15) is 32.2 Å². The van der Waals surface area contributed by atoms with Gasteiger partial charge in [-0.05, 0) is 43.9 Å². The number of fused-ring (bicyclic) bond motifs is 1. The number of imidazole rings is 1. The first-order valence-electron chi connectivity index (χ1n) is 6.10. The number of nitrogens with zero attached hydrogens (tertiary/aromatic N) is 2. The highest BCUT2D eigenvalue weighted by Crippen LogP contribution is 2.38. The van der Waals surface area contributed by atoms with Crippen LogP contribution in [0.3, 0.4) is 0 Å². The number of rotatable bonds is 2. The number of hydrogen-bond acceptors (Lipinski definition) is 2. The minimum atomic E-state index is 0.454. The van der Waals surface area contributed by atoms with Crippen molar-refractivity contribution in [2.75, 3.05) is 5.73 Å². The molecule has 90 valence electrons. The van der Waals surface area contributed by atoms with Crippen LogP contribution in [-0.2, 0) is 0 Å². The number of halogens is 1. The Hall–Kier alpha value is -1.03. The van der Waals surface area contributed by atoms with Gasteiger partial charge in [-0.3, -0.25) is 0 Å². The molecule has 0 aliphatic heterocycles. The molecule has 2 N–H and O–H groups in total. The maximum Gasteiger partial charge on any atom is 0.201 e. The number of nitrogen functional groups attached to an aromatic ring is 1. The van der Waals surface area contributed by atoms with Crippen LogP contribution in [-0.4, -0.2) is 9.55 Å². The van der Waals surface area contributed by atoms with Crippen molar-refractivity contribution in [2.45, 2.75) is 32.2 Å². The van der Waals surface area contributed by atoms with Gasteiger partial charge in [-0.2, -0.15) is 0 Å². The zero-order valence-corrected chi connectivity index (χ0v) is 11.4. The minimum Gasteiger partial charge on any atom is -0.369 e. The fourth-order valence-electron chi connectivity index (χ4n) is 2.65. The molecule has 1 saturated carbocycles. The lowest BCUT2D eigenvalue weighted by molar-refractivity contribution is 0.227. The van der Waals surface area contributed by atoms with E-state index in [-0.39, 0.29) is 0 Å². The fraction of sp³-hybridized carbons (Fsp3) is 0.462. The Morgan fingerprint density at radius 1 is 1.47 bits per heavy atom. The van der Waals surface area contributed by atoms with E-state index in [0.717, 1.165) is 21.4 Å². The molecule has 1 aliphatic carbocycles. The average molecular weight is 294 g/mol. The van der Waals surface area contributed by atoms with E-state index in [1.807, 2.05) is 12.1 Å². The Labute approximate surface area is 109 Å². The van der Waals surface area contributed by atoms with E-state index in [1.54, 1.807) is 0 Å². The quantitative estimate of drug-likeness (QED) is 0.917. The summed E-state index contributed by atoms with van der Waals surface area (Å²) in [7, 11) is 0. The first-order valence-corrected chi connectivity index (χ1v) is 6.89. The summed E-state index contributed by atoms with van der Waals surface area (Å²) >= 11 is 3.47. The Kier molecular flexibility index (Phi) is 2.62. The van der Waals surface area contributed by atoms with Crippen LogP contribution in [0, 0.1) is 5.92 Å². The maximum absolute atomic E-state index is 6.06. The summed E-state index contributed by atoms with van der Waals surface area (Å²) in [6, 6.07) is 6.62. The molecule has 0 bridgehead atoms. The highest BCUT2D eigenvalue weighted by Gasteiger charge is 2.27. The predicted octanol–water partition coefficient (Wildman–Crippen LogP) is 3.74. The van der Waals surface area contributed by atoms with E-state index in [2.05, 4.69) is 38.5 Å². The van der Waals surface area contributed by atoms with Crippen LogP contribution < -0.4 is 5.73 Å². The molecular weight excluding hydrogens is 278 g/mol. The lowest BCUT2D eigenvalue weighted by atomic mass is 9.80. The second kappa shape index (κ2) is 4.02. The van der Waals surface area contributed by atoms with Gasteiger partial charge in [-0.15, -0.1) is 0 Å². The molecule has 0 radical (unpaired) electrons. The molecule has 17 heavy (non-hydrogen) atoms. The third-order valence-electron chi connectivity index (χ3n) is 3.92. The highest BCUT2D eigenvalue weighted by atomic mass is 79.9. The van der Waals surface area contributed by atoms with Gasteiger partial charge >= 0.3 is 0 Å². The summed E-state index contributed by atoms with van der Waals surface area (Å²) in [6.07, 6.45) is 3.99. The van der Waals surface area contributed by atoms with Gasteiger partial charge in [0.25, 0.3) is 0 Å². The molecule has 1 atom stereocenters. The molecule has 1 fully saturated rings. The minimum absolute atomic E-state index is 0.454. The Bertz CT molecular complexity index is 557. The van der Waals surface area contributed by atoms with E-state index in [0.29, 0.717) is 12.0 Å². The smallest absolute Gasteiger partial charge is 0.201 e. The number of benzene rings is 1. The molecule has 0 saturated heterocycles. The second-order valence-electron chi connectivity index (χ2n) is 4.90. The van der Waals surface area contributed by atoms with Crippen LogP contribution >= 0.6 is 15.9 Å². The van der Waals surface area contributed by atoms with Crippen molar-refractivity contribution < 1.29 is 0 Å². The van der Waals surface area contributed by atoms with Crippen molar-refractivity contribution in [1.29, 1.82) is 0 Å². The summed E-state index contributed by atoms with van der Waals surface area (Å²) in [5, 5.41) is 0. The monoisotopic (exact) mass is 293 g/mol. The molecule has 0 amide bonds. The molecule has 1 aromatic heterocycles. The summed E-state index contributed by atoms with van der Waals surface area (Å²) in [5.41, 5.74) is 8.18. The highest BCUT2D eigenvalue weighted by molar-refractivity contribution is 9.10. The standard InChI is InChI=1S/C13H16BrN3/c1-8(9-3-2-4-9)17-12-6-5-10(14)7-11(12)16-13(17)15/h5-9H,2-4H2,1H3,(H2,15,16). The van der Waals surface area contributed by atoms with Crippen molar-refractivity contribution >= 4 is 32.9 Å². The van der Waals surface area contributed by atoms with E-state index in [1.165, 1.54) is 19.3 Å². The van der Waals surface area contributed by atoms with Gasteiger partial charge in [0.1, 0.15) is 0 Å². The Morgan fingerprint density at radius 3 is 2.88 bits per heavy atom. The van der Waals surface area contributed by atoms with Crippen molar-refractivity contribution in [2.24, 2.45) is 5.92 Å². The van der Waals surface area contributed by atoms with Gasteiger partial charge < -0.3 is 10.3 Å². The zero-order valence-electron chi connectivity index (χ0n) is 9.86. The van der Waals surface area contributed by atoms with Gasteiger partial charge in [0.15, 0.2) is 0 Å². The Morgan fingerprint density at radius 2 is 2.24 bits per heavy atom. The molecule has 2 aromatic rings. The Balaban J connectivity index is 2.11. The van der Waals surface area contributed by atoms with Crippen molar-refractivity contribution in [3.05, 3.63) is 22.7 Å². The van der Waals surface area contributed by atoms with Crippen LogP contribution in [0.4, 0.5) is 5.95 Å². The largest absolute Gasteiger partial charge is 0.369 e. The summed E-state index contributed by atoms with van der Waals surface area (Å²) in [4.78, 5) is 4.45. The van der Waals surface area contributed by atoms with Crippen LogP contribution in [0.15, 0.2) is 22.7 Å². The van der Waals surface area contributed by atoms with Gasteiger partial charge in [0.2, 0.25) is 5.95 Å². The lowest BCUT2D eigenvalue weighted by Gasteiger charge is -2.33. The fourth-order valence-corrected chi connectivity index (χ4v) is 3.00. The first-order chi connectivity index (χ1) is 8.16. The normalized spacial score (nSPS) is 18.2. The van der Waals surface area contributed by atoms with Crippen LogP contribution in [0.2, 0.25) is 0 Å². The number of hydrogen-bond donors (Lipinski definition) is 1. The molecule has 1 aliphatic rings. The maximum atomic E-state index is 6.06. The molecule has 4 heteroatoms. The SMILES string of the molecule is CC(C1CCC1)n1c(N)nc2cc(Br)ccc21. The van der Waals surface area contributed by atoms with Gasteiger partial charge in [-0.1, -0.05) is 22.4 Å². The summed E-state index contributed by atoms with van der Waals surface area (Å²) < 4.78 is 3.23. The number of aromatic nitrogens is 2. The zero-order chi connectivity index (χ0) is 12.0. The summed E-state index contributed by atoms with van der Waals surface area (Å²) in [5.74, 6) is 1.40. The topological polar surface area (TPSA) is 43.8 Å². The van der Waals surface area contributed by atoms with Gasteiger partial charge in [-0.25, -0.2) is 4.98 Å². The van der Waals surface area contributed by atoms with Gasteiger partial charge in [0, 0.05) is 10.5 Å².